The summed E-state index contributed by atoms with van der Waals surface area (Å²) in [6.07, 6.45) is 1.49. The molecule has 1 aliphatic heterocycles. The molecule has 0 aromatic heterocycles. The number of hydrogen-bond acceptors (Lipinski definition) is 3. The van der Waals surface area contributed by atoms with Crippen molar-refractivity contribution in [1.29, 1.82) is 0 Å². The first-order valence-corrected chi connectivity index (χ1v) is 7.40. The molecule has 1 aliphatic rings. The van der Waals surface area contributed by atoms with Gasteiger partial charge >= 0.3 is 0 Å². The molecule has 2 unspecified atom stereocenters. The molecular weight excluding hydrogens is 240 g/mol. The van der Waals surface area contributed by atoms with Crippen LogP contribution in [0.1, 0.15) is 47.5 Å². The number of nitrogens with one attached hydrogen (secondary N) is 2. The quantitative estimate of drug-likeness (QED) is 0.803. The highest BCUT2D eigenvalue weighted by atomic mass is 16.5. The van der Waals surface area contributed by atoms with Crippen LogP contribution in [0.3, 0.4) is 0 Å². The molecule has 0 radical (unpaired) electrons. The zero-order chi connectivity index (χ0) is 14.5. The van der Waals surface area contributed by atoms with E-state index in [0.29, 0.717) is 18.9 Å². The lowest BCUT2D eigenvalue weighted by atomic mass is 9.82. The van der Waals surface area contributed by atoms with Crippen LogP contribution in [-0.4, -0.2) is 37.7 Å². The van der Waals surface area contributed by atoms with Gasteiger partial charge in [0.05, 0.1) is 19.1 Å². The van der Waals surface area contributed by atoms with Gasteiger partial charge in [0.1, 0.15) is 0 Å². The first kappa shape index (κ1) is 16.4. The minimum absolute atomic E-state index is 0.0217. The second-order valence-corrected chi connectivity index (χ2v) is 7.02. The predicted molar refractivity (Wildman–Crippen MR) is 78.1 cm³/mol. The van der Waals surface area contributed by atoms with E-state index in [2.05, 4.69) is 45.3 Å². The van der Waals surface area contributed by atoms with Crippen LogP contribution in [0.25, 0.3) is 0 Å². The highest BCUT2D eigenvalue weighted by Gasteiger charge is 2.28. The Labute approximate surface area is 117 Å². The van der Waals surface area contributed by atoms with Crippen LogP contribution in [0, 0.1) is 11.3 Å². The molecule has 0 spiro atoms. The summed E-state index contributed by atoms with van der Waals surface area (Å²) in [5.74, 6) is 0.686. The minimum atomic E-state index is 0.0217. The third kappa shape index (κ3) is 6.39. The highest BCUT2D eigenvalue weighted by Crippen LogP contribution is 2.24. The molecular formula is C15H30N2O2. The van der Waals surface area contributed by atoms with Gasteiger partial charge in [-0.05, 0) is 17.8 Å². The SMILES string of the molecule is CC(C)CC(NC(=O)CC1CNCCO1)C(C)(C)C. The number of hydrogen-bond donors (Lipinski definition) is 2. The maximum atomic E-state index is 12.1. The zero-order valence-electron chi connectivity index (χ0n) is 13.1. The zero-order valence-corrected chi connectivity index (χ0v) is 13.1. The van der Waals surface area contributed by atoms with Crippen LogP contribution in [0.4, 0.5) is 0 Å². The Bertz CT molecular complexity index is 278. The second kappa shape index (κ2) is 7.25. The van der Waals surface area contributed by atoms with Crippen LogP contribution in [0.15, 0.2) is 0 Å². The summed E-state index contributed by atoms with van der Waals surface area (Å²) < 4.78 is 5.57. The number of carbonyl (C=O) groups is 1. The van der Waals surface area contributed by atoms with Crippen molar-refractivity contribution in [3.8, 4) is 0 Å². The summed E-state index contributed by atoms with van der Waals surface area (Å²) in [6.45, 7) is 13.3. The van der Waals surface area contributed by atoms with Crippen molar-refractivity contribution in [2.45, 2.75) is 59.6 Å². The van der Waals surface area contributed by atoms with Crippen LogP contribution in [0.5, 0.6) is 0 Å². The number of rotatable bonds is 5. The largest absolute Gasteiger partial charge is 0.375 e. The lowest BCUT2D eigenvalue weighted by molar-refractivity contribution is -0.126. The molecule has 0 aliphatic carbocycles. The van der Waals surface area contributed by atoms with Gasteiger partial charge < -0.3 is 15.4 Å². The third-order valence-electron chi connectivity index (χ3n) is 3.51. The summed E-state index contributed by atoms with van der Waals surface area (Å²) in [5.41, 5.74) is 0.0889. The summed E-state index contributed by atoms with van der Waals surface area (Å²) in [4.78, 5) is 12.1. The Morgan fingerprint density at radius 3 is 2.58 bits per heavy atom. The normalized spacial score (nSPS) is 22.3. The van der Waals surface area contributed by atoms with Crippen molar-refractivity contribution in [2.24, 2.45) is 11.3 Å². The first-order valence-electron chi connectivity index (χ1n) is 7.40. The van der Waals surface area contributed by atoms with E-state index in [1.165, 1.54) is 0 Å². The van der Waals surface area contributed by atoms with Gasteiger partial charge in [-0.3, -0.25) is 4.79 Å². The molecule has 0 aromatic rings. The summed E-state index contributed by atoms with van der Waals surface area (Å²) in [5, 5.41) is 6.44. The number of morpholine rings is 1. The highest BCUT2D eigenvalue weighted by molar-refractivity contribution is 5.76. The number of carbonyl (C=O) groups excluding carboxylic acids is 1. The maximum Gasteiger partial charge on any atom is 0.222 e. The number of ether oxygens (including phenoxy) is 1. The molecule has 19 heavy (non-hydrogen) atoms. The fourth-order valence-electron chi connectivity index (χ4n) is 2.31. The maximum absolute atomic E-state index is 12.1. The molecule has 2 atom stereocenters. The molecule has 0 aromatic carbocycles. The Morgan fingerprint density at radius 2 is 2.11 bits per heavy atom. The van der Waals surface area contributed by atoms with E-state index in [9.17, 15) is 4.79 Å². The van der Waals surface area contributed by atoms with Gasteiger partial charge in [-0.15, -0.1) is 0 Å². The fourth-order valence-corrected chi connectivity index (χ4v) is 2.31. The lowest BCUT2D eigenvalue weighted by Gasteiger charge is -2.33. The van der Waals surface area contributed by atoms with Gasteiger partial charge in [-0.2, -0.15) is 0 Å². The average Bonchev–Trinajstić information content (AvgIpc) is 2.27. The standard InChI is InChI=1S/C15H30N2O2/c1-11(2)8-13(15(3,4)5)17-14(18)9-12-10-16-6-7-19-12/h11-13,16H,6-10H2,1-5H3,(H,17,18). The lowest BCUT2D eigenvalue weighted by Crippen LogP contribution is -2.47. The third-order valence-corrected chi connectivity index (χ3v) is 3.51. The van der Waals surface area contributed by atoms with Crippen molar-refractivity contribution in [3.05, 3.63) is 0 Å². The van der Waals surface area contributed by atoms with Gasteiger partial charge in [-0.25, -0.2) is 0 Å². The van der Waals surface area contributed by atoms with E-state index >= 15 is 0 Å². The van der Waals surface area contributed by atoms with E-state index < -0.39 is 0 Å². The van der Waals surface area contributed by atoms with Crippen LogP contribution in [0.2, 0.25) is 0 Å². The minimum Gasteiger partial charge on any atom is -0.375 e. The Hall–Kier alpha value is -0.610. The van der Waals surface area contributed by atoms with E-state index in [1.807, 2.05) is 0 Å². The van der Waals surface area contributed by atoms with Gasteiger partial charge in [0.15, 0.2) is 0 Å². The van der Waals surface area contributed by atoms with Crippen molar-refractivity contribution >= 4 is 5.91 Å². The monoisotopic (exact) mass is 270 g/mol. The topological polar surface area (TPSA) is 50.4 Å². The molecule has 4 heteroatoms. The Balaban J connectivity index is 2.46. The van der Waals surface area contributed by atoms with Gasteiger partial charge in [0, 0.05) is 19.1 Å². The molecule has 112 valence electrons. The fraction of sp³-hybridized carbons (Fsp3) is 0.933. The molecule has 1 heterocycles. The molecule has 0 bridgehead atoms. The van der Waals surface area contributed by atoms with Crippen LogP contribution < -0.4 is 10.6 Å². The molecule has 1 rings (SSSR count). The Kier molecular flexibility index (Phi) is 6.27. The van der Waals surface area contributed by atoms with Gasteiger partial charge in [0.2, 0.25) is 5.91 Å². The molecule has 2 N–H and O–H groups in total. The van der Waals surface area contributed by atoms with E-state index in [4.69, 9.17) is 4.74 Å². The molecule has 0 saturated carbocycles. The first-order chi connectivity index (χ1) is 8.79. The average molecular weight is 270 g/mol. The molecule has 1 fully saturated rings. The van der Waals surface area contributed by atoms with Crippen molar-refractivity contribution < 1.29 is 9.53 Å². The van der Waals surface area contributed by atoms with Crippen molar-refractivity contribution in [1.82, 2.24) is 10.6 Å². The second-order valence-electron chi connectivity index (χ2n) is 7.02. The van der Waals surface area contributed by atoms with E-state index in [1.54, 1.807) is 0 Å². The van der Waals surface area contributed by atoms with Gasteiger partial charge in [0.25, 0.3) is 0 Å². The summed E-state index contributed by atoms with van der Waals surface area (Å²) in [6, 6.07) is 0.219. The van der Waals surface area contributed by atoms with E-state index in [-0.39, 0.29) is 23.5 Å². The number of amides is 1. The predicted octanol–water partition coefficient (Wildman–Crippen LogP) is 1.94. The van der Waals surface area contributed by atoms with Gasteiger partial charge in [-0.1, -0.05) is 34.6 Å². The summed E-state index contributed by atoms with van der Waals surface area (Å²) >= 11 is 0. The smallest absolute Gasteiger partial charge is 0.222 e. The molecule has 1 saturated heterocycles. The van der Waals surface area contributed by atoms with Crippen molar-refractivity contribution in [3.63, 3.8) is 0 Å². The van der Waals surface area contributed by atoms with Crippen LogP contribution >= 0.6 is 0 Å². The van der Waals surface area contributed by atoms with Crippen molar-refractivity contribution in [2.75, 3.05) is 19.7 Å². The van der Waals surface area contributed by atoms with E-state index in [0.717, 1.165) is 19.5 Å². The summed E-state index contributed by atoms with van der Waals surface area (Å²) in [7, 11) is 0. The molecule has 4 nitrogen and oxygen atoms in total. The Morgan fingerprint density at radius 1 is 1.42 bits per heavy atom. The molecule has 1 amide bonds. The van der Waals surface area contributed by atoms with Crippen LogP contribution in [-0.2, 0) is 9.53 Å².